The Bertz CT molecular complexity index is 532. The molecular formula is C15H21NO. The first-order chi connectivity index (χ1) is 7.88. The van der Waals surface area contributed by atoms with Gasteiger partial charge in [0.05, 0.1) is 6.26 Å². The molecule has 0 saturated heterocycles. The lowest BCUT2D eigenvalue weighted by Crippen LogP contribution is -2.34. The van der Waals surface area contributed by atoms with Gasteiger partial charge in [0, 0.05) is 23.0 Å². The van der Waals surface area contributed by atoms with Gasteiger partial charge in [-0.1, -0.05) is 12.1 Å². The van der Waals surface area contributed by atoms with Gasteiger partial charge in [0.2, 0.25) is 0 Å². The van der Waals surface area contributed by atoms with Gasteiger partial charge in [-0.3, -0.25) is 0 Å². The van der Waals surface area contributed by atoms with Crippen molar-refractivity contribution in [2.45, 2.75) is 46.7 Å². The van der Waals surface area contributed by atoms with Crippen LogP contribution in [0, 0.1) is 13.8 Å². The zero-order chi connectivity index (χ0) is 12.6. The van der Waals surface area contributed by atoms with Crippen LogP contribution >= 0.6 is 0 Å². The van der Waals surface area contributed by atoms with Gasteiger partial charge in [0.1, 0.15) is 5.58 Å². The predicted molar refractivity (Wildman–Crippen MR) is 72.3 cm³/mol. The van der Waals surface area contributed by atoms with E-state index in [9.17, 15) is 0 Å². The molecule has 0 aliphatic heterocycles. The lowest BCUT2D eigenvalue weighted by atomic mass is 10.0. The van der Waals surface area contributed by atoms with E-state index in [0.717, 1.165) is 12.1 Å². The molecule has 0 fully saturated rings. The second kappa shape index (κ2) is 4.19. The summed E-state index contributed by atoms with van der Waals surface area (Å²) in [5.74, 6) is 0. The number of fused-ring (bicyclic) bond motifs is 1. The van der Waals surface area contributed by atoms with Gasteiger partial charge < -0.3 is 9.73 Å². The summed E-state index contributed by atoms with van der Waals surface area (Å²) in [5, 5.41) is 4.77. The molecule has 2 heteroatoms. The summed E-state index contributed by atoms with van der Waals surface area (Å²) < 4.78 is 5.69. The minimum Gasteiger partial charge on any atom is -0.464 e. The van der Waals surface area contributed by atoms with Crippen molar-refractivity contribution in [3.8, 4) is 0 Å². The van der Waals surface area contributed by atoms with Gasteiger partial charge in [0.15, 0.2) is 0 Å². The molecule has 0 amide bonds. The van der Waals surface area contributed by atoms with Gasteiger partial charge in [-0.2, -0.15) is 0 Å². The van der Waals surface area contributed by atoms with E-state index in [1.54, 1.807) is 0 Å². The predicted octanol–water partition coefficient (Wildman–Crippen LogP) is 3.94. The molecule has 1 N–H and O–H groups in total. The minimum atomic E-state index is 0.126. The smallest absolute Gasteiger partial charge is 0.137 e. The maximum atomic E-state index is 5.69. The Kier molecular flexibility index (Phi) is 3.00. The lowest BCUT2D eigenvalue weighted by Gasteiger charge is -2.20. The molecule has 0 radical (unpaired) electrons. The molecule has 2 aromatic rings. The van der Waals surface area contributed by atoms with E-state index in [-0.39, 0.29) is 5.54 Å². The molecular weight excluding hydrogens is 210 g/mol. The number of furan rings is 1. The van der Waals surface area contributed by atoms with Crippen LogP contribution in [0.4, 0.5) is 0 Å². The Labute approximate surface area is 103 Å². The van der Waals surface area contributed by atoms with Gasteiger partial charge >= 0.3 is 0 Å². The molecule has 0 unspecified atom stereocenters. The van der Waals surface area contributed by atoms with Crippen LogP contribution in [0.5, 0.6) is 0 Å². The molecule has 0 aliphatic carbocycles. The van der Waals surface area contributed by atoms with Crippen molar-refractivity contribution >= 4 is 11.0 Å². The van der Waals surface area contributed by atoms with E-state index in [1.165, 1.54) is 22.1 Å². The van der Waals surface area contributed by atoms with Crippen molar-refractivity contribution in [3.63, 3.8) is 0 Å². The quantitative estimate of drug-likeness (QED) is 0.847. The highest BCUT2D eigenvalue weighted by Crippen LogP contribution is 2.27. The summed E-state index contributed by atoms with van der Waals surface area (Å²) in [6, 6.07) is 4.27. The summed E-state index contributed by atoms with van der Waals surface area (Å²) in [4.78, 5) is 0. The lowest BCUT2D eigenvalue weighted by molar-refractivity contribution is 0.423. The Morgan fingerprint density at radius 1 is 1.12 bits per heavy atom. The average Bonchev–Trinajstić information content (AvgIpc) is 2.64. The molecule has 0 bridgehead atoms. The number of hydrogen-bond acceptors (Lipinski definition) is 2. The summed E-state index contributed by atoms with van der Waals surface area (Å²) in [5.41, 5.74) is 4.88. The van der Waals surface area contributed by atoms with Crippen molar-refractivity contribution in [3.05, 3.63) is 35.1 Å². The second-order valence-electron chi connectivity index (χ2n) is 5.77. The fourth-order valence-electron chi connectivity index (χ4n) is 2.02. The molecule has 92 valence electrons. The highest BCUT2D eigenvalue weighted by atomic mass is 16.3. The molecule has 1 aromatic carbocycles. The third-order valence-corrected chi connectivity index (χ3v) is 3.01. The number of hydrogen-bond donors (Lipinski definition) is 1. The number of benzene rings is 1. The number of aryl methyl sites for hydroxylation is 2. The maximum absolute atomic E-state index is 5.69. The van der Waals surface area contributed by atoms with Crippen LogP contribution < -0.4 is 5.32 Å². The molecule has 1 aromatic heterocycles. The van der Waals surface area contributed by atoms with Gasteiger partial charge in [-0.15, -0.1) is 0 Å². The van der Waals surface area contributed by atoms with Gasteiger partial charge in [-0.25, -0.2) is 0 Å². The van der Waals surface area contributed by atoms with Crippen molar-refractivity contribution in [1.29, 1.82) is 0 Å². The van der Waals surface area contributed by atoms with Gasteiger partial charge in [-0.05, 0) is 45.7 Å². The largest absolute Gasteiger partial charge is 0.464 e. The third kappa shape index (κ3) is 2.52. The third-order valence-electron chi connectivity index (χ3n) is 3.01. The fraction of sp³-hybridized carbons (Fsp3) is 0.467. The second-order valence-corrected chi connectivity index (χ2v) is 5.77. The van der Waals surface area contributed by atoms with Crippen LogP contribution in [-0.2, 0) is 6.54 Å². The first kappa shape index (κ1) is 12.2. The topological polar surface area (TPSA) is 25.2 Å². The molecule has 1 heterocycles. The van der Waals surface area contributed by atoms with Crippen LogP contribution in [0.25, 0.3) is 11.0 Å². The Morgan fingerprint density at radius 2 is 1.76 bits per heavy atom. The molecule has 0 atom stereocenters. The molecule has 2 rings (SSSR count). The van der Waals surface area contributed by atoms with E-state index in [0.29, 0.717) is 0 Å². The van der Waals surface area contributed by atoms with E-state index in [1.807, 2.05) is 6.26 Å². The van der Waals surface area contributed by atoms with Crippen LogP contribution in [0.2, 0.25) is 0 Å². The summed E-state index contributed by atoms with van der Waals surface area (Å²) >= 11 is 0. The first-order valence-corrected chi connectivity index (χ1v) is 6.10. The first-order valence-electron chi connectivity index (χ1n) is 6.10. The van der Waals surface area contributed by atoms with Crippen molar-refractivity contribution in [2.75, 3.05) is 0 Å². The van der Waals surface area contributed by atoms with Crippen LogP contribution in [0.15, 0.2) is 22.8 Å². The van der Waals surface area contributed by atoms with E-state index in [2.05, 4.69) is 52.1 Å². The Balaban J connectivity index is 2.39. The summed E-state index contributed by atoms with van der Waals surface area (Å²) in [6.07, 6.45) is 1.88. The summed E-state index contributed by atoms with van der Waals surface area (Å²) in [7, 11) is 0. The van der Waals surface area contributed by atoms with E-state index in [4.69, 9.17) is 4.42 Å². The molecule has 2 nitrogen and oxygen atoms in total. The highest BCUT2D eigenvalue weighted by Gasteiger charge is 2.13. The number of nitrogens with one attached hydrogen (secondary N) is 1. The molecule has 0 aliphatic rings. The van der Waals surface area contributed by atoms with Crippen molar-refractivity contribution in [2.24, 2.45) is 0 Å². The highest BCUT2D eigenvalue weighted by molar-refractivity contribution is 5.86. The van der Waals surface area contributed by atoms with E-state index >= 15 is 0 Å². The SMILES string of the molecule is Cc1ccc(C)c2c(CNC(C)(C)C)coc12. The minimum absolute atomic E-state index is 0.126. The average molecular weight is 231 g/mol. The van der Waals surface area contributed by atoms with E-state index < -0.39 is 0 Å². The Morgan fingerprint density at radius 3 is 2.41 bits per heavy atom. The Hall–Kier alpha value is -1.28. The molecule has 0 saturated carbocycles. The van der Waals surface area contributed by atoms with Crippen molar-refractivity contribution < 1.29 is 4.42 Å². The van der Waals surface area contributed by atoms with Gasteiger partial charge in [0.25, 0.3) is 0 Å². The monoisotopic (exact) mass is 231 g/mol. The maximum Gasteiger partial charge on any atom is 0.137 e. The summed E-state index contributed by atoms with van der Waals surface area (Å²) in [6.45, 7) is 11.6. The fourth-order valence-corrected chi connectivity index (χ4v) is 2.02. The van der Waals surface area contributed by atoms with Crippen LogP contribution in [-0.4, -0.2) is 5.54 Å². The standard InChI is InChI=1S/C15H21NO/c1-10-6-7-11(2)14-13(10)12(9-17-14)8-16-15(3,4)5/h6-7,9,16H,8H2,1-5H3. The number of rotatable bonds is 2. The zero-order valence-electron chi connectivity index (χ0n) is 11.3. The zero-order valence-corrected chi connectivity index (χ0v) is 11.3. The molecule has 17 heavy (non-hydrogen) atoms. The van der Waals surface area contributed by atoms with Crippen molar-refractivity contribution in [1.82, 2.24) is 5.32 Å². The molecule has 0 spiro atoms. The van der Waals surface area contributed by atoms with Crippen LogP contribution in [0.3, 0.4) is 0 Å². The normalized spacial score (nSPS) is 12.3. The van der Waals surface area contributed by atoms with Crippen LogP contribution in [0.1, 0.15) is 37.5 Å².